The van der Waals surface area contributed by atoms with Crippen molar-refractivity contribution in [1.82, 2.24) is 15.1 Å². The molecule has 1 amide bonds. The Morgan fingerprint density at radius 3 is 2.89 bits per heavy atom. The summed E-state index contributed by atoms with van der Waals surface area (Å²) in [5.41, 5.74) is 5.40. The van der Waals surface area contributed by atoms with Crippen molar-refractivity contribution >= 4 is 11.7 Å². The molecule has 2 fully saturated rings. The van der Waals surface area contributed by atoms with Crippen molar-refractivity contribution in [3.05, 3.63) is 12.3 Å². The van der Waals surface area contributed by atoms with E-state index in [1.807, 2.05) is 10.7 Å². The zero-order valence-corrected chi connectivity index (χ0v) is 10.4. The summed E-state index contributed by atoms with van der Waals surface area (Å²) in [5, 5.41) is 10.5. The van der Waals surface area contributed by atoms with E-state index < -0.39 is 0 Å². The molecule has 1 aromatic rings. The number of anilines is 1. The zero-order chi connectivity index (χ0) is 12.6. The number of nitrogens with two attached hydrogens (primary N) is 1. The zero-order valence-electron chi connectivity index (χ0n) is 10.4. The summed E-state index contributed by atoms with van der Waals surface area (Å²) < 4.78 is 1.89. The maximum absolute atomic E-state index is 12.3. The van der Waals surface area contributed by atoms with E-state index in [-0.39, 0.29) is 11.3 Å². The standard InChI is InChI=1S/C12H19N5O/c13-8-12(3-1-4-12)11(18)16-10-2-5-15-17(10)9-6-14-7-9/h2,5,9,14H,1,3-4,6-8,13H2,(H,16,18). The Labute approximate surface area is 106 Å². The van der Waals surface area contributed by atoms with Crippen molar-refractivity contribution in [2.45, 2.75) is 25.3 Å². The Kier molecular flexibility index (Phi) is 2.83. The number of carbonyl (C=O) groups is 1. The maximum Gasteiger partial charge on any atom is 0.233 e. The van der Waals surface area contributed by atoms with E-state index in [4.69, 9.17) is 5.73 Å². The molecule has 4 N–H and O–H groups in total. The molecule has 3 rings (SSSR count). The summed E-state index contributed by atoms with van der Waals surface area (Å²) >= 11 is 0. The van der Waals surface area contributed by atoms with Gasteiger partial charge >= 0.3 is 0 Å². The highest BCUT2D eigenvalue weighted by molar-refractivity contribution is 5.95. The first-order valence-corrected chi connectivity index (χ1v) is 6.51. The Morgan fingerprint density at radius 1 is 1.61 bits per heavy atom. The lowest BCUT2D eigenvalue weighted by molar-refractivity contribution is -0.129. The monoisotopic (exact) mass is 249 g/mol. The van der Waals surface area contributed by atoms with Crippen molar-refractivity contribution in [3.63, 3.8) is 0 Å². The number of amides is 1. The van der Waals surface area contributed by atoms with E-state index in [0.717, 1.165) is 38.2 Å². The number of hydrogen-bond acceptors (Lipinski definition) is 4. The predicted octanol–water partition coefficient (Wildman–Crippen LogP) is 0.0949. The van der Waals surface area contributed by atoms with E-state index in [0.29, 0.717) is 12.6 Å². The number of aromatic nitrogens is 2. The molecule has 0 aromatic carbocycles. The molecular formula is C12H19N5O. The normalized spacial score (nSPS) is 22.1. The molecule has 6 nitrogen and oxygen atoms in total. The van der Waals surface area contributed by atoms with Gasteiger partial charge in [0.1, 0.15) is 5.82 Å². The van der Waals surface area contributed by atoms with E-state index in [9.17, 15) is 4.79 Å². The van der Waals surface area contributed by atoms with Crippen molar-refractivity contribution in [2.75, 3.05) is 25.0 Å². The average molecular weight is 249 g/mol. The molecule has 6 heteroatoms. The summed E-state index contributed by atoms with van der Waals surface area (Å²) in [5.74, 6) is 0.830. The Balaban J connectivity index is 1.72. The Bertz CT molecular complexity index is 442. The molecule has 2 heterocycles. The topological polar surface area (TPSA) is 85.0 Å². The van der Waals surface area contributed by atoms with Crippen molar-refractivity contribution in [2.24, 2.45) is 11.1 Å². The van der Waals surface area contributed by atoms with Gasteiger partial charge < -0.3 is 16.4 Å². The van der Waals surface area contributed by atoms with Crippen LogP contribution in [0.5, 0.6) is 0 Å². The summed E-state index contributed by atoms with van der Waals surface area (Å²) in [6.07, 6.45) is 4.61. The van der Waals surface area contributed by atoms with Crippen LogP contribution in [0.1, 0.15) is 25.3 Å². The Morgan fingerprint density at radius 2 is 2.39 bits per heavy atom. The molecule has 1 aliphatic carbocycles. The minimum atomic E-state index is -0.340. The van der Waals surface area contributed by atoms with E-state index in [1.165, 1.54) is 0 Å². The number of carbonyl (C=O) groups excluding carboxylic acids is 1. The highest BCUT2D eigenvalue weighted by Gasteiger charge is 2.43. The molecule has 0 bridgehead atoms. The fourth-order valence-corrected chi connectivity index (χ4v) is 2.53. The van der Waals surface area contributed by atoms with E-state index in [1.54, 1.807) is 6.20 Å². The molecular weight excluding hydrogens is 230 g/mol. The van der Waals surface area contributed by atoms with Gasteiger partial charge in [-0.05, 0) is 12.8 Å². The summed E-state index contributed by atoms with van der Waals surface area (Å²) in [7, 11) is 0. The first-order chi connectivity index (χ1) is 8.75. The van der Waals surface area contributed by atoms with Crippen LogP contribution in [-0.4, -0.2) is 35.3 Å². The van der Waals surface area contributed by atoms with Crippen LogP contribution < -0.4 is 16.4 Å². The molecule has 0 unspecified atom stereocenters. The van der Waals surface area contributed by atoms with Gasteiger partial charge in [0, 0.05) is 25.7 Å². The molecule has 0 atom stereocenters. The quantitative estimate of drug-likeness (QED) is 0.706. The van der Waals surface area contributed by atoms with Crippen LogP contribution in [0.2, 0.25) is 0 Å². The Hall–Kier alpha value is -1.40. The van der Waals surface area contributed by atoms with Crippen LogP contribution >= 0.6 is 0 Å². The summed E-state index contributed by atoms with van der Waals surface area (Å²) in [6, 6.07) is 2.20. The average Bonchev–Trinajstić information content (AvgIpc) is 2.63. The van der Waals surface area contributed by atoms with Gasteiger partial charge in [-0.2, -0.15) is 5.10 Å². The largest absolute Gasteiger partial charge is 0.329 e. The van der Waals surface area contributed by atoms with E-state index in [2.05, 4.69) is 15.7 Å². The SMILES string of the molecule is NCC1(C(=O)Nc2ccnn2C2CNC2)CCC1. The first-order valence-electron chi connectivity index (χ1n) is 6.51. The second-order valence-corrected chi connectivity index (χ2v) is 5.27. The maximum atomic E-state index is 12.3. The van der Waals surface area contributed by atoms with Crippen LogP contribution in [0.3, 0.4) is 0 Å². The van der Waals surface area contributed by atoms with Gasteiger partial charge in [0.2, 0.25) is 5.91 Å². The number of nitrogens with one attached hydrogen (secondary N) is 2. The van der Waals surface area contributed by atoms with Gasteiger partial charge in [0.05, 0.1) is 17.7 Å². The second kappa shape index (κ2) is 4.37. The molecule has 18 heavy (non-hydrogen) atoms. The molecule has 0 radical (unpaired) electrons. The molecule has 1 saturated carbocycles. The van der Waals surface area contributed by atoms with Crippen molar-refractivity contribution in [3.8, 4) is 0 Å². The summed E-state index contributed by atoms with van der Waals surface area (Å²) in [6.45, 7) is 2.25. The van der Waals surface area contributed by atoms with Crippen LogP contribution in [0.15, 0.2) is 12.3 Å². The first kappa shape index (κ1) is 11.7. The fraction of sp³-hybridized carbons (Fsp3) is 0.667. The van der Waals surface area contributed by atoms with Gasteiger partial charge in [0.25, 0.3) is 0 Å². The van der Waals surface area contributed by atoms with Gasteiger partial charge in [-0.15, -0.1) is 0 Å². The minimum Gasteiger partial charge on any atom is -0.329 e. The van der Waals surface area contributed by atoms with Gasteiger partial charge in [0.15, 0.2) is 0 Å². The van der Waals surface area contributed by atoms with Crippen LogP contribution in [0.25, 0.3) is 0 Å². The molecule has 1 saturated heterocycles. The molecule has 98 valence electrons. The minimum absolute atomic E-state index is 0.0466. The predicted molar refractivity (Wildman–Crippen MR) is 68.1 cm³/mol. The highest BCUT2D eigenvalue weighted by atomic mass is 16.2. The van der Waals surface area contributed by atoms with E-state index >= 15 is 0 Å². The third kappa shape index (κ3) is 1.72. The number of nitrogens with zero attached hydrogens (tertiary/aromatic N) is 2. The summed E-state index contributed by atoms with van der Waals surface area (Å²) in [4.78, 5) is 12.3. The highest BCUT2D eigenvalue weighted by Crippen LogP contribution is 2.40. The fourth-order valence-electron chi connectivity index (χ4n) is 2.53. The van der Waals surface area contributed by atoms with Gasteiger partial charge in [-0.3, -0.25) is 4.79 Å². The van der Waals surface area contributed by atoms with Crippen LogP contribution in [0, 0.1) is 5.41 Å². The number of rotatable bonds is 4. The number of hydrogen-bond donors (Lipinski definition) is 3. The lowest BCUT2D eigenvalue weighted by Crippen LogP contribution is -2.48. The van der Waals surface area contributed by atoms with Gasteiger partial charge in [-0.25, -0.2) is 4.68 Å². The van der Waals surface area contributed by atoms with Crippen LogP contribution in [-0.2, 0) is 4.79 Å². The third-order valence-corrected chi connectivity index (χ3v) is 4.20. The van der Waals surface area contributed by atoms with Gasteiger partial charge in [-0.1, -0.05) is 6.42 Å². The third-order valence-electron chi connectivity index (χ3n) is 4.20. The smallest absolute Gasteiger partial charge is 0.233 e. The van der Waals surface area contributed by atoms with Crippen LogP contribution in [0.4, 0.5) is 5.82 Å². The van der Waals surface area contributed by atoms with Crippen molar-refractivity contribution < 1.29 is 4.79 Å². The van der Waals surface area contributed by atoms with Crippen molar-refractivity contribution in [1.29, 1.82) is 0 Å². The molecule has 1 aliphatic heterocycles. The molecule has 0 spiro atoms. The molecule has 2 aliphatic rings. The molecule has 1 aromatic heterocycles. The lowest BCUT2D eigenvalue weighted by atomic mass is 9.68. The lowest BCUT2D eigenvalue weighted by Gasteiger charge is -2.39. The second-order valence-electron chi connectivity index (χ2n) is 5.27.